The fourth-order valence-electron chi connectivity index (χ4n) is 1.91. The Morgan fingerprint density at radius 3 is 2.71 bits per heavy atom. The van der Waals surface area contributed by atoms with Crippen molar-refractivity contribution in [1.82, 2.24) is 14.7 Å². The van der Waals surface area contributed by atoms with Crippen LogP contribution in [0, 0.1) is 5.82 Å². The number of hydrogen-bond acceptors (Lipinski definition) is 7. The molecule has 0 aliphatic carbocycles. The topological polar surface area (TPSA) is 96.0 Å². The first-order chi connectivity index (χ1) is 11.4. The van der Waals surface area contributed by atoms with Crippen LogP contribution in [0.3, 0.4) is 0 Å². The highest BCUT2D eigenvalue weighted by Gasteiger charge is 2.22. The highest BCUT2D eigenvalue weighted by molar-refractivity contribution is 7.93. The van der Waals surface area contributed by atoms with E-state index in [4.69, 9.17) is 11.6 Å². The van der Waals surface area contributed by atoms with Gasteiger partial charge in [-0.1, -0.05) is 11.6 Å². The third-order valence-electron chi connectivity index (χ3n) is 3.06. The number of aromatic nitrogens is 2. The number of rotatable bonds is 9. The summed E-state index contributed by atoms with van der Waals surface area (Å²) in [6.45, 7) is 1.49. The normalized spacial score (nSPS) is 11.5. The molecule has 0 saturated heterocycles. The van der Waals surface area contributed by atoms with Crippen molar-refractivity contribution < 1.29 is 12.8 Å². The molecule has 0 spiro atoms. The number of benzene rings is 1. The molecule has 24 heavy (non-hydrogen) atoms. The summed E-state index contributed by atoms with van der Waals surface area (Å²) in [6.07, 6.45) is 3.03. The van der Waals surface area contributed by atoms with Gasteiger partial charge < -0.3 is 10.6 Å². The van der Waals surface area contributed by atoms with Crippen molar-refractivity contribution >= 4 is 44.0 Å². The van der Waals surface area contributed by atoms with E-state index >= 15 is 0 Å². The minimum atomic E-state index is -4.12. The van der Waals surface area contributed by atoms with Gasteiger partial charge in [0, 0.05) is 18.1 Å². The van der Waals surface area contributed by atoms with Crippen LogP contribution >= 0.6 is 23.1 Å². The van der Waals surface area contributed by atoms with Crippen molar-refractivity contribution in [3.63, 3.8) is 0 Å². The zero-order chi connectivity index (χ0) is 17.6. The van der Waals surface area contributed by atoms with E-state index in [9.17, 15) is 12.8 Å². The van der Waals surface area contributed by atoms with Crippen LogP contribution in [0.25, 0.3) is 0 Å². The highest BCUT2D eigenvalue weighted by atomic mass is 35.5. The third kappa shape index (κ3) is 5.00. The van der Waals surface area contributed by atoms with Crippen LogP contribution in [-0.4, -0.2) is 37.9 Å². The molecule has 7 nitrogen and oxygen atoms in total. The third-order valence-corrected chi connectivity index (χ3v) is 5.44. The van der Waals surface area contributed by atoms with Gasteiger partial charge in [-0.25, -0.2) is 17.8 Å². The molecule has 0 bridgehead atoms. The molecule has 0 saturated carbocycles. The van der Waals surface area contributed by atoms with Gasteiger partial charge in [-0.3, -0.25) is 4.72 Å². The van der Waals surface area contributed by atoms with Crippen molar-refractivity contribution in [1.29, 1.82) is 0 Å². The summed E-state index contributed by atoms with van der Waals surface area (Å²) >= 11 is 6.92. The van der Waals surface area contributed by atoms with Crippen LogP contribution in [0.15, 0.2) is 23.4 Å². The molecule has 1 aromatic heterocycles. The largest absolute Gasteiger partial charge is 0.384 e. The Hall–Kier alpha value is -1.49. The molecule has 0 radical (unpaired) electrons. The Balaban J connectivity index is 2.11. The lowest BCUT2D eigenvalue weighted by atomic mass is 10.2. The van der Waals surface area contributed by atoms with E-state index in [1.165, 1.54) is 6.33 Å². The highest BCUT2D eigenvalue weighted by Crippen LogP contribution is 2.29. The number of anilines is 2. The van der Waals surface area contributed by atoms with Crippen molar-refractivity contribution in [3.05, 3.63) is 29.3 Å². The van der Waals surface area contributed by atoms with Gasteiger partial charge in [0.15, 0.2) is 0 Å². The lowest BCUT2D eigenvalue weighted by Gasteiger charge is -2.12. The zero-order valence-corrected chi connectivity index (χ0v) is 15.2. The summed E-state index contributed by atoms with van der Waals surface area (Å²) in [4.78, 5) is 3.17. The van der Waals surface area contributed by atoms with Gasteiger partial charge in [0.05, 0.1) is 10.7 Å². The second-order valence-electron chi connectivity index (χ2n) is 4.85. The quantitative estimate of drug-likeness (QED) is 0.566. The van der Waals surface area contributed by atoms with Gasteiger partial charge in [-0.05, 0) is 38.6 Å². The fraction of sp³-hybridized carbons (Fsp3) is 0.385. The molecule has 0 aliphatic heterocycles. The second-order valence-corrected chi connectivity index (χ2v) is 7.69. The maximum atomic E-state index is 14.2. The summed E-state index contributed by atoms with van der Waals surface area (Å²) < 4.78 is 44.5. The Bertz CT molecular complexity index is 771. The van der Waals surface area contributed by atoms with E-state index in [-0.39, 0.29) is 10.2 Å². The molecular weight excluding hydrogens is 377 g/mol. The summed E-state index contributed by atoms with van der Waals surface area (Å²) in [5.74, 6) is -0.894. The number of sulfonamides is 1. The van der Waals surface area contributed by atoms with Crippen LogP contribution in [-0.2, 0) is 10.0 Å². The van der Waals surface area contributed by atoms with E-state index in [1.807, 2.05) is 7.05 Å². The molecule has 1 aromatic carbocycles. The first-order valence-electron chi connectivity index (χ1n) is 7.11. The molecule has 11 heteroatoms. The predicted octanol–water partition coefficient (Wildman–Crippen LogP) is 2.54. The molecule has 3 N–H and O–H groups in total. The lowest BCUT2D eigenvalue weighted by molar-refractivity contribution is 0.570. The maximum Gasteiger partial charge on any atom is 0.266 e. The summed E-state index contributed by atoms with van der Waals surface area (Å²) in [5, 5.41) is 6.21. The molecular formula is C13H17ClFN5O2S2. The van der Waals surface area contributed by atoms with Crippen molar-refractivity contribution in [2.75, 3.05) is 30.2 Å². The van der Waals surface area contributed by atoms with E-state index in [1.54, 1.807) is 0 Å². The van der Waals surface area contributed by atoms with Gasteiger partial charge in [-0.2, -0.15) is 4.37 Å². The molecule has 0 fully saturated rings. The van der Waals surface area contributed by atoms with Crippen LogP contribution in [0.2, 0.25) is 5.02 Å². The molecule has 0 amide bonds. The smallest absolute Gasteiger partial charge is 0.266 e. The molecule has 0 unspecified atom stereocenters. The number of halogens is 2. The molecule has 1 heterocycles. The molecule has 132 valence electrons. The van der Waals surface area contributed by atoms with Gasteiger partial charge >= 0.3 is 0 Å². The Morgan fingerprint density at radius 2 is 2.04 bits per heavy atom. The minimum Gasteiger partial charge on any atom is -0.384 e. The van der Waals surface area contributed by atoms with Gasteiger partial charge in [0.25, 0.3) is 10.0 Å². The van der Waals surface area contributed by atoms with E-state index in [0.717, 1.165) is 43.1 Å². The van der Waals surface area contributed by atoms with Gasteiger partial charge in [0.1, 0.15) is 17.0 Å². The number of nitrogens with one attached hydrogen (secondary N) is 3. The average molecular weight is 394 g/mol. The standard InChI is InChI=1S/C13H17ClFN5O2S2/c1-16-4-2-3-5-17-11-7-10(15)12(6-9(11)14)24(21,22)20-13-18-8-19-23-13/h6-8,16-17H,2-5H2,1H3,(H,18,19,20). The molecule has 0 atom stereocenters. The van der Waals surface area contributed by atoms with Crippen molar-refractivity contribution in [2.24, 2.45) is 0 Å². The van der Waals surface area contributed by atoms with Crippen LogP contribution in [0.5, 0.6) is 0 Å². The number of hydrogen-bond donors (Lipinski definition) is 3. The summed E-state index contributed by atoms with van der Waals surface area (Å²) in [7, 11) is -2.25. The minimum absolute atomic E-state index is 0.0530. The molecule has 2 aromatic rings. The van der Waals surface area contributed by atoms with E-state index in [0.29, 0.717) is 12.2 Å². The first kappa shape index (κ1) is 18.8. The fourth-order valence-corrected chi connectivity index (χ4v) is 3.95. The first-order valence-corrected chi connectivity index (χ1v) is 9.74. The zero-order valence-electron chi connectivity index (χ0n) is 12.8. The average Bonchev–Trinajstić information content (AvgIpc) is 3.02. The predicted molar refractivity (Wildman–Crippen MR) is 93.8 cm³/mol. The SMILES string of the molecule is CNCCCCNc1cc(F)c(S(=O)(=O)Nc2ncns2)cc1Cl. The Labute approximate surface area is 148 Å². The second kappa shape index (κ2) is 8.56. The monoisotopic (exact) mass is 393 g/mol. The molecule has 2 rings (SSSR count). The lowest BCUT2D eigenvalue weighted by Crippen LogP contribution is -2.15. The van der Waals surface area contributed by atoms with Crippen LogP contribution in [0.4, 0.5) is 15.2 Å². The van der Waals surface area contributed by atoms with Crippen molar-refractivity contribution in [3.8, 4) is 0 Å². The van der Waals surface area contributed by atoms with Gasteiger partial charge in [-0.15, -0.1) is 0 Å². The number of nitrogens with zero attached hydrogens (tertiary/aromatic N) is 2. The van der Waals surface area contributed by atoms with E-state index in [2.05, 4.69) is 24.7 Å². The van der Waals surface area contributed by atoms with Crippen molar-refractivity contribution in [2.45, 2.75) is 17.7 Å². The van der Waals surface area contributed by atoms with Crippen LogP contribution in [0.1, 0.15) is 12.8 Å². The summed E-state index contributed by atoms with van der Waals surface area (Å²) in [6, 6.07) is 2.16. The maximum absolute atomic E-state index is 14.2. The Morgan fingerprint density at radius 1 is 1.29 bits per heavy atom. The Kier molecular flexibility index (Phi) is 6.72. The number of unbranched alkanes of at least 4 members (excludes halogenated alkanes) is 1. The van der Waals surface area contributed by atoms with Crippen LogP contribution < -0.4 is 15.4 Å². The summed E-state index contributed by atoms with van der Waals surface area (Å²) in [5.41, 5.74) is 0.355. The molecule has 0 aliphatic rings. The van der Waals surface area contributed by atoms with E-state index < -0.39 is 20.7 Å². The van der Waals surface area contributed by atoms with Gasteiger partial charge in [0.2, 0.25) is 5.13 Å².